The van der Waals surface area contributed by atoms with Gasteiger partial charge in [-0.2, -0.15) is 13.2 Å². The molecule has 0 unspecified atom stereocenters. The molecule has 0 fully saturated rings. The number of unbranched alkanes of at least 4 members (excludes halogenated alkanes) is 1. The molecule has 0 saturated carbocycles. The molecule has 1 aliphatic heterocycles. The van der Waals surface area contributed by atoms with Gasteiger partial charge in [-0.05, 0) is 36.1 Å². The van der Waals surface area contributed by atoms with Crippen LogP contribution in [0.25, 0.3) is 11.1 Å². The molecule has 1 aromatic carbocycles. The number of pyridine rings is 1. The number of carboxylic acid groups (broad SMARTS) is 1. The van der Waals surface area contributed by atoms with Crippen LogP contribution >= 0.6 is 11.8 Å². The van der Waals surface area contributed by atoms with Crippen molar-refractivity contribution < 1.29 is 23.1 Å². The first kappa shape index (κ1) is 19.5. The van der Waals surface area contributed by atoms with E-state index in [4.69, 9.17) is 0 Å². The number of alkyl halides is 3. The summed E-state index contributed by atoms with van der Waals surface area (Å²) in [6.07, 6.45) is -2.29. The molecule has 8 heteroatoms. The van der Waals surface area contributed by atoms with Gasteiger partial charge in [-0.1, -0.05) is 25.5 Å². The highest BCUT2D eigenvalue weighted by molar-refractivity contribution is 7.99. The quantitative estimate of drug-likeness (QED) is 0.801. The Bertz CT molecular complexity index is 937. The number of aryl methyl sites for hydroxylation is 1. The fourth-order valence-electron chi connectivity index (χ4n) is 3.22. The number of hydrogen-bond acceptors (Lipinski definition) is 3. The monoisotopic (exact) mass is 397 g/mol. The molecule has 0 aliphatic carbocycles. The van der Waals surface area contributed by atoms with Crippen LogP contribution in [-0.2, 0) is 17.4 Å². The van der Waals surface area contributed by atoms with Gasteiger partial charge in [0.1, 0.15) is 6.04 Å². The molecule has 0 bridgehead atoms. The van der Waals surface area contributed by atoms with Crippen molar-refractivity contribution in [1.82, 2.24) is 4.57 Å². The summed E-state index contributed by atoms with van der Waals surface area (Å²) in [5.41, 5.74) is 0.334. The van der Waals surface area contributed by atoms with Crippen LogP contribution in [0.1, 0.15) is 36.9 Å². The first-order valence-electron chi connectivity index (χ1n) is 8.55. The van der Waals surface area contributed by atoms with Crippen LogP contribution in [0, 0.1) is 0 Å². The van der Waals surface area contributed by atoms with Crippen molar-refractivity contribution >= 4 is 17.7 Å². The number of thioether (sulfide) groups is 1. The van der Waals surface area contributed by atoms with E-state index < -0.39 is 29.3 Å². The van der Waals surface area contributed by atoms with Gasteiger partial charge in [0, 0.05) is 17.4 Å². The van der Waals surface area contributed by atoms with E-state index in [0.717, 1.165) is 25.0 Å². The summed E-state index contributed by atoms with van der Waals surface area (Å²) < 4.78 is 40.7. The van der Waals surface area contributed by atoms with E-state index in [1.54, 1.807) is 6.07 Å². The second kappa shape index (κ2) is 7.42. The highest BCUT2D eigenvalue weighted by Gasteiger charge is 2.34. The molecule has 2 heterocycles. The predicted molar refractivity (Wildman–Crippen MR) is 97.1 cm³/mol. The smallest absolute Gasteiger partial charge is 0.416 e. The largest absolute Gasteiger partial charge is 0.480 e. The van der Waals surface area contributed by atoms with E-state index in [1.165, 1.54) is 28.5 Å². The van der Waals surface area contributed by atoms with E-state index in [0.29, 0.717) is 28.1 Å². The van der Waals surface area contributed by atoms with Gasteiger partial charge in [-0.25, -0.2) is 4.79 Å². The van der Waals surface area contributed by atoms with Crippen molar-refractivity contribution in [3.05, 3.63) is 51.8 Å². The minimum atomic E-state index is -4.48. The van der Waals surface area contributed by atoms with E-state index in [2.05, 4.69) is 0 Å². The Morgan fingerprint density at radius 2 is 2.07 bits per heavy atom. The lowest BCUT2D eigenvalue weighted by Crippen LogP contribution is -2.29. The van der Waals surface area contributed by atoms with Crippen LogP contribution in [0.15, 0.2) is 40.2 Å². The summed E-state index contributed by atoms with van der Waals surface area (Å²) in [7, 11) is 0. The average Bonchev–Trinajstić information content (AvgIpc) is 3.05. The minimum absolute atomic E-state index is 0.174. The first-order valence-corrected chi connectivity index (χ1v) is 9.54. The third-order valence-electron chi connectivity index (χ3n) is 4.54. The van der Waals surface area contributed by atoms with Crippen LogP contribution < -0.4 is 5.56 Å². The molecule has 1 aliphatic rings. The van der Waals surface area contributed by atoms with Crippen molar-refractivity contribution in [1.29, 1.82) is 0 Å². The lowest BCUT2D eigenvalue weighted by molar-refractivity contribution is -0.140. The predicted octanol–water partition coefficient (Wildman–Crippen LogP) is 4.61. The van der Waals surface area contributed by atoms with Crippen molar-refractivity contribution in [3.63, 3.8) is 0 Å². The van der Waals surface area contributed by atoms with Crippen LogP contribution in [0.2, 0.25) is 0 Å². The van der Waals surface area contributed by atoms with E-state index in [9.17, 15) is 27.9 Å². The van der Waals surface area contributed by atoms with Crippen LogP contribution in [0.5, 0.6) is 0 Å². The molecule has 1 atom stereocenters. The standard InChI is InChI=1S/C19H18F3NO3S/c1-2-3-5-12-9-15(24)23-14(18(25)26)10-27-17(23)16(12)11-6-4-7-13(8-11)19(20,21)22/h4,6-9,14H,2-3,5,10H2,1H3,(H,25,26)/t14-/m0/s1. The maximum absolute atomic E-state index is 13.2. The molecule has 1 aromatic heterocycles. The SMILES string of the molecule is CCCCc1cc(=O)n2c(c1-c1cccc(C(F)(F)F)c1)SC[C@H]2C(=O)O. The Morgan fingerprint density at radius 3 is 2.70 bits per heavy atom. The summed E-state index contributed by atoms with van der Waals surface area (Å²) >= 11 is 1.20. The number of halogens is 3. The molecule has 27 heavy (non-hydrogen) atoms. The van der Waals surface area contributed by atoms with E-state index >= 15 is 0 Å². The molecular formula is C19H18F3NO3S. The molecule has 3 rings (SSSR count). The van der Waals surface area contributed by atoms with Gasteiger partial charge in [-0.15, -0.1) is 11.8 Å². The molecule has 4 nitrogen and oxygen atoms in total. The number of aromatic nitrogens is 1. The molecule has 144 valence electrons. The van der Waals surface area contributed by atoms with Crippen molar-refractivity contribution in [2.75, 3.05) is 5.75 Å². The number of hydrogen-bond donors (Lipinski definition) is 1. The van der Waals surface area contributed by atoms with Gasteiger partial charge in [0.15, 0.2) is 0 Å². The summed E-state index contributed by atoms with van der Waals surface area (Å²) in [6.45, 7) is 1.99. The molecule has 0 radical (unpaired) electrons. The lowest BCUT2D eigenvalue weighted by atomic mass is 9.96. The molecule has 1 N–H and O–H groups in total. The average molecular weight is 397 g/mol. The molecule has 0 saturated heterocycles. The number of carbonyl (C=O) groups is 1. The second-order valence-electron chi connectivity index (χ2n) is 6.41. The zero-order valence-corrected chi connectivity index (χ0v) is 15.4. The molecule has 0 amide bonds. The second-order valence-corrected chi connectivity index (χ2v) is 7.41. The van der Waals surface area contributed by atoms with Gasteiger partial charge in [0.05, 0.1) is 10.6 Å². The lowest BCUT2D eigenvalue weighted by Gasteiger charge is -2.17. The first-order chi connectivity index (χ1) is 12.7. The highest BCUT2D eigenvalue weighted by atomic mass is 32.2. The summed E-state index contributed by atoms with van der Waals surface area (Å²) in [5, 5.41) is 9.82. The third-order valence-corrected chi connectivity index (χ3v) is 5.70. The zero-order valence-electron chi connectivity index (χ0n) is 14.5. The van der Waals surface area contributed by atoms with Crippen molar-refractivity contribution in [2.24, 2.45) is 0 Å². The van der Waals surface area contributed by atoms with E-state index in [1.807, 2.05) is 6.92 Å². The fraction of sp³-hybridized carbons (Fsp3) is 0.368. The number of aliphatic carboxylic acids is 1. The van der Waals surface area contributed by atoms with Gasteiger partial charge in [0.25, 0.3) is 5.56 Å². The maximum Gasteiger partial charge on any atom is 0.416 e. The van der Waals surface area contributed by atoms with Crippen LogP contribution in [0.3, 0.4) is 0 Å². The van der Waals surface area contributed by atoms with Crippen LogP contribution in [0.4, 0.5) is 13.2 Å². The molecule has 2 aromatic rings. The van der Waals surface area contributed by atoms with Gasteiger partial charge >= 0.3 is 12.1 Å². The Morgan fingerprint density at radius 1 is 1.33 bits per heavy atom. The normalized spacial score (nSPS) is 16.4. The highest BCUT2D eigenvalue weighted by Crippen LogP contribution is 2.42. The summed E-state index contributed by atoms with van der Waals surface area (Å²) in [5.74, 6) is -0.951. The van der Waals surface area contributed by atoms with Gasteiger partial charge < -0.3 is 5.11 Å². The van der Waals surface area contributed by atoms with Crippen LogP contribution in [-0.4, -0.2) is 21.4 Å². The number of fused-ring (bicyclic) bond motifs is 1. The van der Waals surface area contributed by atoms with E-state index in [-0.39, 0.29) is 5.75 Å². The Kier molecular flexibility index (Phi) is 5.37. The number of benzene rings is 1. The fourth-order valence-corrected chi connectivity index (χ4v) is 4.58. The number of carboxylic acids is 1. The Labute approximate surface area is 158 Å². The number of nitrogens with zero attached hydrogens (tertiary/aromatic N) is 1. The zero-order chi connectivity index (χ0) is 19.8. The van der Waals surface area contributed by atoms with Crippen molar-refractivity contribution in [2.45, 2.75) is 43.4 Å². The molecule has 0 spiro atoms. The minimum Gasteiger partial charge on any atom is -0.480 e. The molecular weight excluding hydrogens is 379 g/mol. The summed E-state index contributed by atoms with van der Waals surface area (Å²) in [4.78, 5) is 24.0. The Hall–Kier alpha value is -2.22. The Balaban J connectivity index is 2.25. The van der Waals surface area contributed by atoms with Gasteiger partial charge in [0.2, 0.25) is 0 Å². The third kappa shape index (κ3) is 3.76. The maximum atomic E-state index is 13.2. The summed E-state index contributed by atoms with van der Waals surface area (Å²) in [6, 6.07) is 5.32. The number of rotatable bonds is 5. The van der Waals surface area contributed by atoms with Crippen molar-refractivity contribution in [3.8, 4) is 11.1 Å². The van der Waals surface area contributed by atoms with Gasteiger partial charge in [-0.3, -0.25) is 9.36 Å². The topological polar surface area (TPSA) is 59.3 Å².